The molecule has 1 aliphatic rings. The summed E-state index contributed by atoms with van der Waals surface area (Å²) in [5.74, 6) is 0.917. The van der Waals surface area contributed by atoms with Gasteiger partial charge in [-0.05, 0) is 18.6 Å². The zero-order valence-corrected chi connectivity index (χ0v) is 9.93. The first-order valence-corrected chi connectivity index (χ1v) is 5.92. The molecule has 0 saturated carbocycles. The van der Waals surface area contributed by atoms with Gasteiger partial charge in [0.05, 0.1) is 0 Å². The van der Waals surface area contributed by atoms with Crippen LogP contribution in [0, 0.1) is 5.92 Å². The van der Waals surface area contributed by atoms with Crippen molar-refractivity contribution in [3.63, 3.8) is 0 Å². The van der Waals surface area contributed by atoms with Crippen molar-refractivity contribution in [1.29, 1.82) is 0 Å². The Morgan fingerprint density at radius 1 is 1.40 bits per heavy atom. The Hall–Kier alpha value is -0.710. The lowest BCUT2D eigenvalue weighted by molar-refractivity contribution is -0.135. The molecule has 0 aliphatic carbocycles. The molecule has 0 aromatic rings. The average Bonchev–Trinajstić information content (AvgIpc) is 2.28. The molecule has 0 spiro atoms. The number of likely N-dealkylation sites (tertiary alicyclic amines) is 1. The van der Waals surface area contributed by atoms with Gasteiger partial charge in [-0.15, -0.1) is 0 Å². The Balaban J connectivity index is 2.35. The third-order valence-electron chi connectivity index (χ3n) is 2.79. The lowest BCUT2D eigenvalue weighted by atomic mass is 9.96. The first-order chi connectivity index (χ1) is 7.19. The van der Waals surface area contributed by atoms with Gasteiger partial charge in [-0.3, -0.25) is 9.59 Å². The molecule has 4 nitrogen and oxygen atoms in total. The van der Waals surface area contributed by atoms with E-state index in [2.05, 4.69) is 17.9 Å². The number of hydrogen-bond donors (Lipinski definition) is 2. The van der Waals surface area contributed by atoms with Crippen LogP contribution in [-0.4, -0.2) is 42.6 Å². The Morgan fingerprint density at radius 2 is 2.00 bits per heavy atom. The first kappa shape index (κ1) is 12.4. The molecule has 1 aliphatic heterocycles. The second-order valence-corrected chi connectivity index (χ2v) is 4.19. The third-order valence-corrected chi connectivity index (χ3v) is 3.01. The number of piperidine rings is 1. The number of rotatable bonds is 3. The second kappa shape index (κ2) is 6.00. The summed E-state index contributed by atoms with van der Waals surface area (Å²) >= 11 is 4.03. The van der Waals surface area contributed by atoms with Gasteiger partial charge in [0.2, 0.25) is 11.8 Å². The topological polar surface area (TPSA) is 49.4 Å². The highest BCUT2D eigenvalue weighted by molar-refractivity contribution is 7.80. The van der Waals surface area contributed by atoms with Crippen LogP contribution in [0.3, 0.4) is 0 Å². The van der Waals surface area contributed by atoms with Gasteiger partial charge in [-0.25, -0.2) is 0 Å². The molecule has 86 valence electrons. The van der Waals surface area contributed by atoms with Crippen molar-refractivity contribution in [2.24, 2.45) is 5.92 Å². The van der Waals surface area contributed by atoms with Crippen LogP contribution < -0.4 is 5.32 Å². The van der Waals surface area contributed by atoms with E-state index in [0.29, 0.717) is 25.3 Å². The predicted molar refractivity (Wildman–Crippen MR) is 61.8 cm³/mol. The van der Waals surface area contributed by atoms with Crippen molar-refractivity contribution >= 4 is 24.4 Å². The fourth-order valence-electron chi connectivity index (χ4n) is 1.85. The highest BCUT2D eigenvalue weighted by atomic mass is 32.1. The Bertz CT molecular complexity index is 238. The van der Waals surface area contributed by atoms with Crippen LogP contribution in [0.5, 0.6) is 0 Å². The second-order valence-electron chi connectivity index (χ2n) is 3.74. The van der Waals surface area contributed by atoms with Crippen molar-refractivity contribution in [3.05, 3.63) is 0 Å². The lowest BCUT2D eigenvalue weighted by Crippen LogP contribution is -2.42. The Morgan fingerprint density at radius 3 is 2.47 bits per heavy atom. The van der Waals surface area contributed by atoms with Crippen LogP contribution >= 0.6 is 12.6 Å². The van der Waals surface area contributed by atoms with Gasteiger partial charge in [0, 0.05) is 32.5 Å². The summed E-state index contributed by atoms with van der Waals surface area (Å²) in [6.45, 7) is 1.40. The molecule has 2 amide bonds. The van der Waals surface area contributed by atoms with E-state index >= 15 is 0 Å². The number of nitrogens with one attached hydrogen (secondary N) is 1. The molecule has 0 bridgehead atoms. The van der Waals surface area contributed by atoms with Gasteiger partial charge >= 0.3 is 0 Å². The maximum atomic E-state index is 11.5. The molecule has 0 radical (unpaired) electrons. The number of hydrogen-bond acceptors (Lipinski definition) is 3. The van der Waals surface area contributed by atoms with E-state index in [-0.39, 0.29) is 17.7 Å². The maximum absolute atomic E-state index is 11.5. The summed E-state index contributed by atoms with van der Waals surface area (Å²) in [6, 6.07) is 0. The summed E-state index contributed by atoms with van der Waals surface area (Å²) in [5.41, 5.74) is 0. The molecular formula is C10H18N2O2S. The summed E-state index contributed by atoms with van der Waals surface area (Å²) in [7, 11) is 1.65. The third kappa shape index (κ3) is 3.41. The summed E-state index contributed by atoms with van der Waals surface area (Å²) < 4.78 is 0. The molecule has 1 fully saturated rings. The minimum absolute atomic E-state index is 0.0788. The molecule has 1 saturated heterocycles. The largest absolute Gasteiger partial charge is 0.359 e. The van der Waals surface area contributed by atoms with Crippen LogP contribution in [0.4, 0.5) is 0 Å². The monoisotopic (exact) mass is 230 g/mol. The quantitative estimate of drug-likeness (QED) is 0.685. The van der Waals surface area contributed by atoms with Gasteiger partial charge < -0.3 is 10.2 Å². The highest BCUT2D eigenvalue weighted by Crippen LogP contribution is 2.17. The van der Waals surface area contributed by atoms with Gasteiger partial charge in [-0.1, -0.05) is 0 Å². The Labute approximate surface area is 95.8 Å². The van der Waals surface area contributed by atoms with Crippen molar-refractivity contribution < 1.29 is 9.59 Å². The van der Waals surface area contributed by atoms with E-state index in [1.165, 1.54) is 0 Å². The van der Waals surface area contributed by atoms with Gasteiger partial charge in [0.15, 0.2) is 0 Å². The minimum atomic E-state index is 0.0788. The SMILES string of the molecule is CNC(=O)C1CCN(C(=O)CCS)CC1. The zero-order valence-electron chi connectivity index (χ0n) is 9.03. The fraction of sp³-hybridized carbons (Fsp3) is 0.800. The first-order valence-electron chi connectivity index (χ1n) is 5.29. The van der Waals surface area contributed by atoms with Crippen LogP contribution in [0.25, 0.3) is 0 Å². The average molecular weight is 230 g/mol. The van der Waals surface area contributed by atoms with Crippen LogP contribution in [0.2, 0.25) is 0 Å². The van der Waals surface area contributed by atoms with Crippen molar-refractivity contribution in [3.8, 4) is 0 Å². The molecule has 0 aromatic carbocycles. The predicted octanol–water partition coefficient (Wildman–Crippen LogP) is 0.291. The maximum Gasteiger partial charge on any atom is 0.223 e. The highest BCUT2D eigenvalue weighted by Gasteiger charge is 2.25. The van der Waals surface area contributed by atoms with E-state index in [0.717, 1.165) is 12.8 Å². The molecule has 1 N–H and O–H groups in total. The molecule has 1 rings (SSSR count). The van der Waals surface area contributed by atoms with Gasteiger partial charge in [-0.2, -0.15) is 12.6 Å². The van der Waals surface area contributed by atoms with Crippen LogP contribution in [0.1, 0.15) is 19.3 Å². The fourth-order valence-corrected chi connectivity index (χ4v) is 2.04. The molecule has 15 heavy (non-hydrogen) atoms. The standard InChI is InChI=1S/C10H18N2O2S/c1-11-10(14)8-2-5-12(6-3-8)9(13)4-7-15/h8,15H,2-7H2,1H3,(H,11,14). The lowest BCUT2D eigenvalue weighted by Gasteiger charge is -2.31. The number of thiol groups is 1. The van der Waals surface area contributed by atoms with Crippen molar-refractivity contribution in [2.45, 2.75) is 19.3 Å². The van der Waals surface area contributed by atoms with Gasteiger partial charge in [0.1, 0.15) is 0 Å². The molecule has 0 atom stereocenters. The molecule has 0 aromatic heterocycles. The molecule has 0 unspecified atom stereocenters. The van der Waals surface area contributed by atoms with E-state index in [1.54, 1.807) is 7.05 Å². The van der Waals surface area contributed by atoms with E-state index in [4.69, 9.17) is 0 Å². The van der Waals surface area contributed by atoms with E-state index < -0.39 is 0 Å². The summed E-state index contributed by atoms with van der Waals surface area (Å²) in [5, 5.41) is 2.65. The zero-order chi connectivity index (χ0) is 11.3. The number of amides is 2. The molecule has 1 heterocycles. The van der Waals surface area contributed by atoms with Crippen molar-refractivity contribution in [2.75, 3.05) is 25.9 Å². The normalized spacial score (nSPS) is 17.6. The smallest absolute Gasteiger partial charge is 0.223 e. The molecule has 5 heteroatoms. The minimum Gasteiger partial charge on any atom is -0.359 e. The molecular weight excluding hydrogens is 212 g/mol. The van der Waals surface area contributed by atoms with Crippen LogP contribution in [0.15, 0.2) is 0 Å². The number of carbonyl (C=O) groups is 2. The van der Waals surface area contributed by atoms with E-state index in [1.807, 2.05) is 4.90 Å². The summed E-state index contributed by atoms with van der Waals surface area (Å²) in [4.78, 5) is 24.7. The Kier molecular flexibility index (Phi) is 4.94. The van der Waals surface area contributed by atoms with Crippen LogP contribution in [-0.2, 0) is 9.59 Å². The van der Waals surface area contributed by atoms with Gasteiger partial charge in [0.25, 0.3) is 0 Å². The number of carbonyl (C=O) groups excluding carboxylic acids is 2. The summed E-state index contributed by atoms with van der Waals surface area (Å²) in [6.07, 6.45) is 2.05. The van der Waals surface area contributed by atoms with E-state index in [9.17, 15) is 9.59 Å². The van der Waals surface area contributed by atoms with Crippen molar-refractivity contribution in [1.82, 2.24) is 10.2 Å². The number of nitrogens with zero attached hydrogens (tertiary/aromatic N) is 1.